The number of imide groups is 1. The first-order chi connectivity index (χ1) is 16.7. The summed E-state index contributed by atoms with van der Waals surface area (Å²) < 4.78 is 1.59. The van der Waals surface area contributed by atoms with Crippen molar-refractivity contribution in [2.45, 2.75) is 40.5 Å². The first-order valence-corrected chi connectivity index (χ1v) is 11.4. The molecule has 0 aliphatic rings. The molecule has 3 N–H and O–H groups in total. The molecule has 0 saturated heterocycles. The van der Waals surface area contributed by atoms with Gasteiger partial charge in [0.05, 0.1) is 12.4 Å². The van der Waals surface area contributed by atoms with E-state index in [-0.39, 0.29) is 23.3 Å². The maximum atomic E-state index is 12.6. The van der Waals surface area contributed by atoms with E-state index >= 15 is 0 Å². The molecular formula is C24H32N8O3. The zero-order chi connectivity index (χ0) is 25.8. The minimum Gasteiger partial charge on any atom is -0.370 e. The minimum absolute atomic E-state index is 0.138. The third-order valence-corrected chi connectivity index (χ3v) is 4.99. The predicted molar refractivity (Wildman–Crippen MR) is 134 cm³/mol. The number of hydrogen-bond acceptors (Lipinski definition) is 8. The number of aryl methyl sites for hydroxylation is 1. The lowest BCUT2D eigenvalue weighted by Crippen LogP contribution is -2.34. The molecule has 2 aromatic heterocycles. The van der Waals surface area contributed by atoms with E-state index in [1.807, 2.05) is 13.8 Å². The van der Waals surface area contributed by atoms with E-state index in [1.165, 1.54) is 31.0 Å². The van der Waals surface area contributed by atoms with Gasteiger partial charge in [-0.2, -0.15) is 5.10 Å². The molecule has 2 rings (SSSR count). The molecule has 0 radical (unpaired) electrons. The monoisotopic (exact) mass is 480 g/mol. The molecule has 11 heteroatoms. The van der Waals surface area contributed by atoms with Gasteiger partial charge in [0.15, 0.2) is 0 Å². The number of aromatic nitrogens is 5. The van der Waals surface area contributed by atoms with Crippen LogP contribution in [-0.2, 0) is 16.6 Å². The topological polar surface area (TPSA) is 144 Å². The van der Waals surface area contributed by atoms with Gasteiger partial charge >= 0.3 is 0 Å². The van der Waals surface area contributed by atoms with Crippen LogP contribution < -0.4 is 16.0 Å². The van der Waals surface area contributed by atoms with Gasteiger partial charge in [-0.05, 0) is 25.8 Å². The van der Waals surface area contributed by atoms with Crippen molar-refractivity contribution in [1.82, 2.24) is 30.0 Å². The fraction of sp³-hybridized carbons (Fsp3) is 0.375. The number of amides is 3. The Balaban J connectivity index is 2.45. The molecule has 186 valence electrons. The maximum Gasteiger partial charge on any atom is 0.277 e. The lowest BCUT2D eigenvalue weighted by atomic mass is 10.1. The van der Waals surface area contributed by atoms with Crippen molar-refractivity contribution in [3.05, 3.63) is 53.9 Å². The van der Waals surface area contributed by atoms with Crippen molar-refractivity contribution in [2.75, 3.05) is 17.2 Å². The van der Waals surface area contributed by atoms with E-state index in [1.54, 1.807) is 37.7 Å². The van der Waals surface area contributed by atoms with Crippen molar-refractivity contribution in [3.8, 4) is 0 Å². The molecule has 1 unspecified atom stereocenters. The Morgan fingerprint density at radius 3 is 2.54 bits per heavy atom. The number of carbonyl (C=O) groups is 3. The van der Waals surface area contributed by atoms with E-state index in [9.17, 15) is 14.4 Å². The van der Waals surface area contributed by atoms with Gasteiger partial charge < -0.3 is 10.6 Å². The van der Waals surface area contributed by atoms with Crippen LogP contribution >= 0.6 is 0 Å². The summed E-state index contributed by atoms with van der Waals surface area (Å²) in [5, 5.41) is 12.8. The zero-order valence-corrected chi connectivity index (χ0v) is 20.7. The summed E-state index contributed by atoms with van der Waals surface area (Å²) in [5.74, 6) is -0.733. The fourth-order valence-corrected chi connectivity index (χ4v) is 2.65. The summed E-state index contributed by atoms with van der Waals surface area (Å²) in [7, 11) is 1.74. The summed E-state index contributed by atoms with van der Waals surface area (Å²) in [6.45, 7) is 7.94. The van der Waals surface area contributed by atoms with Crippen molar-refractivity contribution in [1.29, 1.82) is 0 Å². The summed E-state index contributed by atoms with van der Waals surface area (Å²) in [6, 6.07) is 1.65. The van der Waals surface area contributed by atoms with Crippen LogP contribution in [0.15, 0.2) is 42.6 Å². The van der Waals surface area contributed by atoms with Gasteiger partial charge in [0.1, 0.15) is 17.3 Å². The van der Waals surface area contributed by atoms with Gasteiger partial charge in [0.2, 0.25) is 5.91 Å². The first kappa shape index (κ1) is 27.1. The number of carbonyl (C=O) groups excluding carboxylic acids is 3. The molecule has 2 heterocycles. The standard InChI is InChI=1S/C24H32N8O3/c1-6-8-27-21-12-20(30-24(35)19-15-25-9-10-26-19)28-13-18(14-29-32(21)5)11-17(4)23(34)31-22(33)16(3)7-2/h9-16,27H,6-8H2,1-5H3,(H,28,30,35)(H,31,33,34)/b17-11+,18-13?,21-12?,29-14?. The Morgan fingerprint density at radius 1 is 1.11 bits per heavy atom. The van der Waals surface area contributed by atoms with E-state index in [0.717, 1.165) is 6.42 Å². The molecule has 0 aliphatic heterocycles. The van der Waals surface area contributed by atoms with Gasteiger partial charge in [0, 0.05) is 55.3 Å². The lowest BCUT2D eigenvalue weighted by Gasteiger charge is -2.08. The maximum absolute atomic E-state index is 12.6. The van der Waals surface area contributed by atoms with Crippen LogP contribution in [0.4, 0.5) is 11.6 Å². The Labute approximate surface area is 204 Å². The van der Waals surface area contributed by atoms with Gasteiger partial charge in [0.25, 0.3) is 11.8 Å². The van der Waals surface area contributed by atoms with Crippen molar-refractivity contribution in [2.24, 2.45) is 13.0 Å². The van der Waals surface area contributed by atoms with Gasteiger partial charge in [-0.25, -0.2) is 9.97 Å². The van der Waals surface area contributed by atoms with Crippen LogP contribution in [0, 0.1) is 5.92 Å². The molecule has 0 spiro atoms. The molecule has 2 aromatic rings. The van der Waals surface area contributed by atoms with Crippen LogP contribution in [-0.4, -0.2) is 49.0 Å². The van der Waals surface area contributed by atoms with Crippen LogP contribution in [0.1, 0.15) is 56.6 Å². The Morgan fingerprint density at radius 2 is 1.89 bits per heavy atom. The largest absolute Gasteiger partial charge is 0.370 e. The number of nitrogens with zero attached hydrogens (tertiary/aromatic N) is 5. The van der Waals surface area contributed by atoms with Crippen molar-refractivity contribution < 1.29 is 14.4 Å². The summed E-state index contributed by atoms with van der Waals surface area (Å²) in [6.07, 6.45) is 10.3. The second-order valence-electron chi connectivity index (χ2n) is 7.87. The SMILES string of the molecule is CCCNc1cc(NC(=O)c2cnccn2)ncc(/C=C(\C)C(=O)NC(=O)C(C)CC)cnn1C. The van der Waals surface area contributed by atoms with Gasteiger partial charge in [-0.15, -0.1) is 0 Å². The van der Waals surface area contributed by atoms with Crippen molar-refractivity contribution >= 4 is 35.4 Å². The molecule has 0 saturated carbocycles. The average molecular weight is 481 g/mol. The molecule has 0 aliphatic carbocycles. The van der Waals surface area contributed by atoms with E-state index in [4.69, 9.17) is 0 Å². The molecule has 0 aromatic carbocycles. The fourth-order valence-electron chi connectivity index (χ4n) is 2.65. The smallest absolute Gasteiger partial charge is 0.277 e. The first-order valence-electron chi connectivity index (χ1n) is 11.4. The lowest BCUT2D eigenvalue weighted by molar-refractivity contribution is -0.130. The molecule has 11 nitrogen and oxygen atoms in total. The molecule has 0 bridgehead atoms. The number of hydrogen-bond donors (Lipinski definition) is 3. The second-order valence-corrected chi connectivity index (χ2v) is 7.87. The number of nitrogens with one attached hydrogen (secondary N) is 3. The van der Waals surface area contributed by atoms with Crippen molar-refractivity contribution in [3.63, 3.8) is 0 Å². The Hall–Kier alpha value is -4.15. The van der Waals surface area contributed by atoms with Gasteiger partial charge in [-0.1, -0.05) is 20.8 Å². The molecule has 35 heavy (non-hydrogen) atoms. The Kier molecular flexibility index (Phi) is 10.5. The zero-order valence-electron chi connectivity index (χ0n) is 20.7. The number of anilines is 2. The third kappa shape index (κ3) is 8.61. The molecule has 1 atom stereocenters. The predicted octanol–water partition coefficient (Wildman–Crippen LogP) is 2.90. The number of rotatable bonds is 9. The van der Waals surface area contributed by atoms with E-state index in [2.05, 4.69) is 36.0 Å². The summed E-state index contributed by atoms with van der Waals surface area (Å²) >= 11 is 0. The highest BCUT2D eigenvalue weighted by Gasteiger charge is 2.15. The Bertz CT molecular complexity index is 1130. The minimum atomic E-state index is -0.499. The van der Waals surface area contributed by atoms with Crippen LogP contribution in [0.2, 0.25) is 0 Å². The average Bonchev–Trinajstić information content (AvgIpc) is 2.93. The highest BCUT2D eigenvalue weighted by Crippen LogP contribution is 2.12. The highest BCUT2D eigenvalue weighted by atomic mass is 16.2. The highest BCUT2D eigenvalue weighted by molar-refractivity contribution is 6.06. The molecule has 0 fully saturated rings. The summed E-state index contributed by atoms with van der Waals surface area (Å²) in [4.78, 5) is 49.5. The normalized spacial score (nSPS) is 11.7. The molecular weight excluding hydrogens is 448 g/mol. The van der Waals surface area contributed by atoms with E-state index < -0.39 is 11.8 Å². The van der Waals surface area contributed by atoms with Crippen LogP contribution in [0.5, 0.6) is 0 Å². The third-order valence-electron chi connectivity index (χ3n) is 4.99. The molecule has 3 amide bonds. The van der Waals surface area contributed by atoms with E-state index in [0.29, 0.717) is 29.9 Å². The van der Waals surface area contributed by atoms with Crippen LogP contribution in [0.25, 0.3) is 6.08 Å². The summed E-state index contributed by atoms with van der Waals surface area (Å²) in [5.41, 5.74) is 0.925. The van der Waals surface area contributed by atoms with Gasteiger partial charge in [-0.3, -0.25) is 29.4 Å². The van der Waals surface area contributed by atoms with Crippen LogP contribution in [0.3, 0.4) is 0 Å². The quantitative estimate of drug-likeness (QED) is 0.465. The second kappa shape index (κ2) is 13.5.